The molecule has 4 aromatic rings. The number of thiophene rings is 1. The molecule has 0 spiro atoms. The minimum Gasteiger partial charge on any atom is -0.360 e. The number of carbonyl (C=O) groups excluding carboxylic acids is 1. The molecule has 0 saturated carbocycles. The average Bonchev–Trinajstić information content (AvgIpc) is 3.41. The van der Waals surface area contributed by atoms with E-state index in [0.29, 0.717) is 22.7 Å². The number of anilines is 1. The zero-order chi connectivity index (χ0) is 21.7. The van der Waals surface area contributed by atoms with Crippen LogP contribution < -0.4 is 5.32 Å². The van der Waals surface area contributed by atoms with Gasteiger partial charge in [-0.1, -0.05) is 37.7 Å². The van der Waals surface area contributed by atoms with Crippen LogP contribution in [-0.4, -0.2) is 36.4 Å². The molecule has 31 heavy (non-hydrogen) atoms. The SMILES string of the molecule is Cc1cc(NC(=O)CSc2nnc3c4c5c(sc4nc(C(C)C)n23)C[C@H](C)CC5)no1. The summed E-state index contributed by atoms with van der Waals surface area (Å²) in [5, 5.41) is 17.4. The molecule has 0 aromatic carbocycles. The topological polar surface area (TPSA) is 98.2 Å². The molecule has 4 heterocycles. The smallest absolute Gasteiger partial charge is 0.236 e. The lowest BCUT2D eigenvalue weighted by Gasteiger charge is -2.17. The number of fused-ring (bicyclic) bond motifs is 5. The largest absolute Gasteiger partial charge is 0.360 e. The first kappa shape index (κ1) is 20.4. The summed E-state index contributed by atoms with van der Waals surface area (Å²) in [6.45, 7) is 8.34. The normalized spacial score (nSPS) is 16.4. The number of aryl methyl sites for hydroxylation is 2. The van der Waals surface area contributed by atoms with E-state index in [-0.39, 0.29) is 17.6 Å². The summed E-state index contributed by atoms with van der Waals surface area (Å²) in [4.78, 5) is 19.9. The highest BCUT2D eigenvalue weighted by molar-refractivity contribution is 7.99. The Balaban J connectivity index is 1.50. The average molecular weight is 457 g/mol. The summed E-state index contributed by atoms with van der Waals surface area (Å²) >= 11 is 3.16. The molecule has 1 amide bonds. The first-order chi connectivity index (χ1) is 14.9. The first-order valence-corrected chi connectivity index (χ1v) is 12.3. The number of thioether (sulfide) groups is 1. The minimum absolute atomic E-state index is 0.169. The Morgan fingerprint density at radius 2 is 2.26 bits per heavy atom. The van der Waals surface area contributed by atoms with Gasteiger partial charge in [-0.15, -0.1) is 21.5 Å². The van der Waals surface area contributed by atoms with Crippen molar-refractivity contribution in [1.82, 2.24) is 24.7 Å². The summed E-state index contributed by atoms with van der Waals surface area (Å²) in [6, 6.07) is 1.69. The summed E-state index contributed by atoms with van der Waals surface area (Å²) in [5.41, 5.74) is 2.24. The molecule has 1 aliphatic carbocycles. The zero-order valence-corrected chi connectivity index (χ0v) is 19.6. The van der Waals surface area contributed by atoms with E-state index in [1.165, 1.54) is 28.6 Å². The van der Waals surface area contributed by atoms with Crippen molar-refractivity contribution in [3.05, 3.63) is 28.1 Å². The molecule has 4 aromatic heterocycles. The number of nitrogens with zero attached hydrogens (tertiary/aromatic N) is 5. The van der Waals surface area contributed by atoms with Crippen LogP contribution in [0.1, 0.15) is 55.1 Å². The second-order valence-corrected chi connectivity index (χ2v) is 10.5. The lowest BCUT2D eigenvalue weighted by atomic mass is 9.89. The van der Waals surface area contributed by atoms with Gasteiger partial charge in [0.1, 0.15) is 16.4 Å². The molecule has 0 fully saturated rings. The van der Waals surface area contributed by atoms with Crippen LogP contribution in [0.3, 0.4) is 0 Å². The fraction of sp³-hybridized carbons (Fsp3) is 0.476. The molecular weight excluding hydrogens is 432 g/mol. The molecule has 0 unspecified atom stereocenters. The van der Waals surface area contributed by atoms with Crippen LogP contribution in [0.25, 0.3) is 15.9 Å². The van der Waals surface area contributed by atoms with E-state index in [9.17, 15) is 4.79 Å². The molecule has 0 radical (unpaired) electrons. The van der Waals surface area contributed by atoms with Crippen molar-refractivity contribution in [2.75, 3.05) is 11.1 Å². The standard InChI is InChI=1S/C21H24N6O2S2/c1-10(2)18-23-20-17(13-6-5-11(3)7-14(13)31-20)19-24-25-21(27(18)19)30-9-16(28)22-15-8-12(4)29-26-15/h8,10-11H,5-7,9H2,1-4H3,(H,22,26,28)/t11-/m1/s1. The van der Waals surface area contributed by atoms with Crippen LogP contribution in [0.2, 0.25) is 0 Å². The number of amides is 1. The van der Waals surface area contributed by atoms with Gasteiger partial charge in [-0.2, -0.15) is 0 Å². The number of nitrogens with one attached hydrogen (secondary N) is 1. The van der Waals surface area contributed by atoms with Gasteiger partial charge in [0, 0.05) is 16.9 Å². The third-order valence-corrected chi connectivity index (χ3v) is 7.62. The van der Waals surface area contributed by atoms with Gasteiger partial charge in [-0.05, 0) is 37.7 Å². The Labute approximate surface area is 187 Å². The number of hydrogen-bond donors (Lipinski definition) is 1. The third-order valence-electron chi connectivity index (χ3n) is 5.54. The number of rotatable bonds is 5. The number of carbonyl (C=O) groups is 1. The highest BCUT2D eigenvalue weighted by Crippen LogP contribution is 2.40. The van der Waals surface area contributed by atoms with Gasteiger partial charge in [0.2, 0.25) is 5.91 Å². The zero-order valence-electron chi connectivity index (χ0n) is 17.9. The van der Waals surface area contributed by atoms with Gasteiger partial charge in [-0.25, -0.2) is 4.98 Å². The van der Waals surface area contributed by atoms with Crippen molar-refractivity contribution in [1.29, 1.82) is 0 Å². The molecule has 5 rings (SSSR count). The summed E-state index contributed by atoms with van der Waals surface area (Å²) in [5.74, 6) is 2.92. The monoisotopic (exact) mass is 456 g/mol. The van der Waals surface area contributed by atoms with Gasteiger partial charge >= 0.3 is 0 Å². The summed E-state index contributed by atoms with van der Waals surface area (Å²) in [6.07, 6.45) is 3.36. The molecule has 8 nitrogen and oxygen atoms in total. The van der Waals surface area contributed by atoms with Crippen LogP contribution in [0, 0.1) is 12.8 Å². The quantitative estimate of drug-likeness (QED) is 0.438. The van der Waals surface area contributed by atoms with Crippen LogP contribution in [0.4, 0.5) is 5.82 Å². The third kappa shape index (κ3) is 3.71. The Bertz CT molecular complexity index is 1290. The van der Waals surface area contributed by atoms with Crippen LogP contribution >= 0.6 is 23.1 Å². The van der Waals surface area contributed by atoms with Gasteiger partial charge in [0.25, 0.3) is 0 Å². The van der Waals surface area contributed by atoms with E-state index >= 15 is 0 Å². The van der Waals surface area contributed by atoms with Gasteiger partial charge in [0.15, 0.2) is 16.6 Å². The number of hydrogen-bond acceptors (Lipinski definition) is 8. The second-order valence-electron chi connectivity index (χ2n) is 8.46. The molecule has 1 atom stereocenters. The van der Waals surface area contributed by atoms with Gasteiger partial charge in [0.05, 0.1) is 11.1 Å². The van der Waals surface area contributed by atoms with Gasteiger partial charge < -0.3 is 9.84 Å². The van der Waals surface area contributed by atoms with Crippen LogP contribution in [0.15, 0.2) is 15.7 Å². The van der Waals surface area contributed by atoms with Gasteiger partial charge in [-0.3, -0.25) is 9.20 Å². The molecule has 0 bridgehead atoms. The van der Waals surface area contributed by atoms with Crippen molar-refractivity contribution >= 4 is 50.7 Å². The van der Waals surface area contributed by atoms with Crippen molar-refractivity contribution in [2.45, 2.75) is 58.0 Å². The Morgan fingerprint density at radius 1 is 1.42 bits per heavy atom. The van der Waals surface area contributed by atoms with Crippen molar-refractivity contribution in [2.24, 2.45) is 5.92 Å². The molecule has 1 N–H and O–H groups in total. The maximum Gasteiger partial charge on any atom is 0.236 e. The second kappa shape index (κ2) is 7.90. The maximum absolute atomic E-state index is 12.4. The van der Waals surface area contributed by atoms with E-state index in [4.69, 9.17) is 9.51 Å². The van der Waals surface area contributed by atoms with Crippen molar-refractivity contribution in [3.63, 3.8) is 0 Å². The van der Waals surface area contributed by atoms with Crippen molar-refractivity contribution in [3.8, 4) is 0 Å². The molecule has 1 aliphatic rings. The number of aromatic nitrogens is 5. The Hall–Kier alpha value is -2.46. The van der Waals surface area contributed by atoms with E-state index in [2.05, 4.69) is 41.4 Å². The molecule has 162 valence electrons. The Kier molecular flexibility index (Phi) is 5.21. The molecule has 10 heteroatoms. The van der Waals surface area contributed by atoms with E-state index < -0.39 is 0 Å². The molecule has 0 aliphatic heterocycles. The lowest BCUT2D eigenvalue weighted by molar-refractivity contribution is -0.113. The molecular formula is C21H24N6O2S2. The summed E-state index contributed by atoms with van der Waals surface area (Å²) < 4.78 is 7.03. The minimum atomic E-state index is -0.169. The fourth-order valence-electron chi connectivity index (χ4n) is 4.05. The van der Waals surface area contributed by atoms with E-state index in [1.54, 1.807) is 24.3 Å². The predicted octanol–water partition coefficient (Wildman–Crippen LogP) is 4.61. The fourth-order valence-corrected chi connectivity index (χ4v) is 6.18. The van der Waals surface area contributed by atoms with Crippen LogP contribution in [-0.2, 0) is 17.6 Å². The lowest BCUT2D eigenvalue weighted by Crippen LogP contribution is -2.14. The highest BCUT2D eigenvalue weighted by atomic mass is 32.2. The molecule has 0 saturated heterocycles. The van der Waals surface area contributed by atoms with E-state index in [0.717, 1.165) is 34.5 Å². The van der Waals surface area contributed by atoms with E-state index in [1.807, 2.05) is 4.40 Å². The van der Waals surface area contributed by atoms with Crippen LogP contribution in [0.5, 0.6) is 0 Å². The Morgan fingerprint density at radius 3 is 3.00 bits per heavy atom. The maximum atomic E-state index is 12.4. The first-order valence-electron chi connectivity index (χ1n) is 10.5. The highest BCUT2D eigenvalue weighted by Gasteiger charge is 2.26. The van der Waals surface area contributed by atoms with Crippen molar-refractivity contribution < 1.29 is 9.32 Å². The predicted molar refractivity (Wildman–Crippen MR) is 122 cm³/mol. The summed E-state index contributed by atoms with van der Waals surface area (Å²) in [7, 11) is 0.